The van der Waals surface area contributed by atoms with Crippen LogP contribution >= 0.6 is 23.2 Å². The van der Waals surface area contributed by atoms with Crippen LogP contribution in [0.2, 0.25) is 10.0 Å². The molecule has 1 heterocycles. The number of anilines is 2. The maximum absolute atomic E-state index is 12.8. The summed E-state index contributed by atoms with van der Waals surface area (Å²) < 4.78 is 0. The highest BCUT2D eigenvalue weighted by molar-refractivity contribution is 6.31. The summed E-state index contributed by atoms with van der Waals surface area (Å²) in [5.41, 5.74) is 3.52. The van der Waals surface area contributed by atoms with Crippen molar-refractivity contribution >= 4 is 45.5 Å². The van der Waals surface area contributed by atoms with Gasteiger partial charge in [-0.3, -0.25) is 4.79 Å². The normalized spacial score (nSPS) is 10.8. The summed E-state index contributed by atoms with van der Waals surface area (Å²) in [7, 11) is 0. The third-order valence-corrected chi connectivity index (χ3v) is 4.64. The van der Waals surface area contributed by atoms with Gasteiger partial charge in [-0.15, -0.1) is 0 Å². The average molecular weight is 381 g/mol. The van der Waals surface area contributed by atoms with Crippen molar-refractivity contribution in [1.82, 2.24) is 4.98 Å². The Morgan fingerprint density at radius 2 is 1.50 bits per heavy atom. The Morgan fingerprint density at radius 3 is 2.23 bits per heavy atom. The van der Waals surface area contributed by atoms with Crippen LogP contribution in [-0.2, 0) is 0 Å². The van der Waals surface area contributed by atoms with E-state index in [2.05, 4.69) is 10.3 Å². The maximum Gasteiger partial charge on any atom is 0.272 e. The van der Waals surface area contributed by atoms with Crippen LogP contribution in [0.5, 0.6) is 0 Å². The smallest absolute Gasteiger partial charge is 0.272 e. The van der Waals surface area contributed by atoms with Crippen molar-refractivity contribution in [3.63, 3.8) is 0 Å². The van der Waals surface area contributed by atoms with E-state index in [4.69, 9.17) is 23.2 Å². The number of aromatic nitrogens is 1. The molecule has 4 aromatic rings. The molecule has 3 aromatic carbocycles. The minimum atomic E-state index is -0.200. The van der Waals surface area contributed by atoms with Crippen molar-refractivity contribution in [1.29, 1.82) is 0 Å². The monoisotopic (exact) mass is 380 g/mol. The van der Waals surface area contributed by atoms with E-state index >= 15 is 0 Å². The fourth-order valence-electron chi connectivity index (χ4n) is 2.97. The number of hydrogen-bond donors (Lipinski definition) is 2. The molecule has 4 rings (SSSR count). The van der Waals surface area contributed by atoms with Crippen molar-refractivity contribution in [3.8, 4) is 11.1 Å². The standard InChI is InChI=1S/C21H14Cl2N2O/c22-14-6-9-16(10-7-14)24-20-19(13-4-2-1-3-5-13)17-12-15(23)8-11-18(17)25-21(20)26/h1-12,24H,(H,25,26). The molecule has 0 bridgehead atoms. The molecule has 3 nitrogen and oxygen atoms in total. The number of H-pyrrole nitrogens is 1. The number of pyridine rings is 1. The Labute approximate surface area is 160 Å². The van der Waals surface area contributed by atoms with Gasteiger partial charge < -0.3 is 10.3 Å². The summed E-state index contributed by atoms with van der Waals surface area (Å²) in [5.74, 6) is 0. The molecule has 1 aromatic heterocycles. The number of rotatable bonds is 3. The van der Waals surface area contributed by atoms with Gasteiger partial charge in [0.25, 0.3) is 5.56 Å². The van der Waals surface area contributed by atoms with Crippen LogP contribution in [0.25, 0.3) is 22.0 Å². The van der Waals surface area contributed by atoms with Gasteiger partial charge in [0.05, 0.1) is 0 Å². The molecule has 2 N–H and O–H groups in total. The van der Waals surface area contributed by atoms with E-state index in [-0.39, 0.29) is 5.56 Å². The summed E-state index contributed by atoms with van der Waals surface area (Å²) >= 11 is 12.2. The van der Waals surface area contributed by atoms with Crippen LogP contribution in [0.3, 0.4) is 0 Å². The topological polar surface area (TPSA) is 44.9 Å². The van der Waals surface area contributed by atoms with Crippen LogP contribution in [0, 0.1) is 0 Å². The third kappa shape index (κ3) is 3.19. The number of fused-ring (bicyclic) bond motifs is 1. The summed E-state index contributed by atoms with van der Waals surface area (Å²) in [6.07, 6.45) is 0. The minimum Gasteiger partial charge on any atom is -0.350 e. The van der Waals surface area contributed by atoms with Crippen molar-refractivity contribution in [3.05, 3.63) is 93.2 Å². The lowest BCUT2D eigenvalue weighted by Crippen LogP contribution is -2.13. The molecular weight excluding hydrogens is 367 g/mol. The number of hydrogen-bond acceptors (Lipinski definition) is 2. The van der Waals surface area contributed by atoms with Crippen LogP contribution in [0.4, 0.5) is 11.4 Å². The molecule has 0 amide bonds. The molecule has 5 heteroatoms. The van der Waals surface area contributed by atoms with Gasteiger partial charge in [-0.2, -0.15) is 0 Å². The van der Waals surface area contributed by atoms with Crippen LogP contribution in [-0.4, -0.2) is 4.98 Å². The number of halogens is 2. The molecule has 0 radical (unpaired) electrons. The zero-order valence-electron chi connectivity index (χ0n) is 13.6. The van der Waals surface area contributed by atoms with Gasteiger partial charge in [0, 0.05) is 32.2 Å². The fourth-order valence-corrected chi connectivity index (χ4v) is 3.26. The molecule has 0 aliphatic heterocycles. The second kappa shape index (κ2) is 6.87. The van der Waals surface area contributed by atoms with Gasteiger partial charge in [-0.25, -0.2) is 0 Å². The van der Waals surface area contributed by atoms with Gasteiger partial charge in [-0.1, -0.05) is 53.5 Å². The van der Waals surface area contributed by atoms with Crippen molar-refractivity contribution < 1.29 is 0 Å². The van der Waals surface area contributed by atoms with E-state index in [0.717, 1.165) is 27.7 Å². The highest BCUT2D eigenvalue weighted by Crippen LogP contribution is 2.35. The average Bonchev–Trinajstić information content (AvgIpc) is 2.65. The van der Waals surface area contributed by atoms with E-state index in [1.54, 1.807) is 18.2 Å². The molecule has 128 valence electrons. The Balaban J connectivity index is 2.00. The van der Waals surface area contributed by atoms with Gasteiger partial charge in [0.2, 0.25) is 0 Å². The molecule has 0 spiro atoms. The lowest BCUT2D eigenvalue weighted by atomic mass is 9.99. The lowest BCUT2D eigenvalue weighted by Gasteiger charge is -2.15. The van der Waals surface area contributed by atoms with E-state index in [9.17, 15) is 4.79 Å². The Hall–Kier alpha value is -2.75. The Kier molecular flexibility index (Phi) is 4.41. The SMILES string of the molecule is O=c1[nH]c2ccc(Cl)cc2c(-c2ccccc2)c1Nc1ccc(Cl)cc1. The zero-order chi connectivity index (χ0) is 18.1. The van der Waals surface area contributed by atoms with Crippen molar-refractivity contribution in [2.75, 3.05) is 5.32 Å². The summed E-state index contributed by atoms with van der Waals surface area (Å²) in [6, 6.07) is 22.4. The third-order valence-electron chi connectivity index (χ3n) is 4.15. The molecule has 0 aliphatic rings. The molecule has 0 aliphatic carbocycles. The molecular formula is C21H14Cl2N2O. The highest BCUT2D eigenvalue weighted by Gasteiger charge is 2.15. The predicted molar refractivity (Wildman–Crippen MR) is 110 cm³/mol. The highest BCUT2D eigenvalue weighted by atomic mass is 35.5. The van der Waals surface area contributed by atoms with Gasteiger partial charge in [-0.05, 0) is 48.0 Å². The van der Waals surface area contributed by atoms with Crippen molar-refractivity contribution in [2.24, 2.45) is 0 Å². The number of nitrogens with one attached hydrogen (secondary N) is 2. The Morgan fingerprint density at radius 1 is 0.808 bits per heavy atom. The molecule has 0 atom stereocenters. The predicted octanol–water partition coefficient (Wildman–Crippen LogP) is 6.25. The van der Waals surface area contributed by atoms with Crippen LogP contribution < -0.4 is 10.9 Å². The second-order valence-corrected chi connectivity index (χ2v) is 6.76. The lowest BCUT2D eigenvalue weighted by molar-refractivity contribution is 1.30. The first-order valence-corrected chi connectivity index (χ1v) is 8.81. The van der Waals surface area contributed by atoms with Crippen LogP contribution in [0.1, 0.15) is 0 Å². The quantitative estimate of drug-likeness (QED) is 0.441. The van der Waals surface area contributed by atoms with Gasteiger partial charge in [0.1, 0.15) is 5.69 Å². The summed E-state index contributed by atoms with van der Waals surface area (Å²) in [4.78, 5) is 15.7. The summed E-state index contributed by atoms with van der Waals surface area (Å²) in [5, 5.41) is 5.35. The second-order valence-electron chi connectivity index (χ2n) is 5.89. The number of benzene rings is 3. The summed E-state index contributed by atoms with van der Waals surface area (Å²) in [6.45, 7) is 0. The van der Waals surface area contributed by atoms with E-state index in [1.165, 1.54) is 0 Å². The molecule has 0 saturated carbocycles. The van der Waals surface area contributed by atoms with E-state index in [0.29, 0.717) is 15.7 Å². The minimum absolute atomic E-state index is 0.200. The van der Waals surface area contributed by atoms with Gasteiger partial charge in [0.15, 0.2) is 0 Å². The zero-order valence-corrected chi connectivity index (χ0v) is 15.1. The molecule has 0 unspecified atom stereocenters. The molecule has 0 saturated heterocycles. The van der Waals surface area contributed by atoms with Crippen molar-refractivity contribution in [2.45, 2.75) is 0 Å². The largest absolute Gasteiger partial charge is 0.350 e. The Bertz CT molecular complexity index is 1140. The molecule has 26 heavy (non-hydrogen) atoms. The van der Waals surface area contributed by atoms with Crippen LogP contribution in [0.15, 0.2) is 77.6 Å². The first-order chi connectivity index (χ1) is 12.6. The first-order valence-electron chi connectivity index (χ1n) is 8.05. The molecule has 0 fully saturated rings. The van der Waals surface area contributed by atoms with E-state index < -0.39 is 0 Å². The van der Waals surface area contributed by atoms with Gasteiger partial charge >= 0.3 is 0 Å². The maximum atomic E-state index is 12.8. The van der Waals surface area contributed by atoms with E-state index in [1.807, 2.05) is 54.6 Å². The fraction of sp³-hybridized carbons (Fsp3) is 0. The number of aromatic amines is 1. The first kappa shape index (κ1) is 16.7.